The monoisotopic (exact) mass is 555 g/mol. The maximum atomic E-state index is 12.5. The molecule has 0 amide bonds. The van der Waals surface area contributed by atoms with Crippen molar-refractivity contribution in [2.24, 2.45) is 0 Å². The number of thiophene rings is 1. The SMILES string of the molecule is CC.COc1ccccc1-n1c(SCc2cc(=O)n3cc(Br)ccc3n2)nnc1-c1cccs1. The number of pyridine rings is 1. The summed E-state index contributed by atoms with van der Waals surface area (Å²) in [6.07, 6.45) is 1.72. The van der Waals surface area contributed by atoms with Gasteiger partial charge in [0.25, 0.3) is 5.56 Å². The van der Waals surface area contributed by atoms with Gasteiger partial charge in [-0.05, 0) is 51.6 Å². The molecule has 10 heteroatoms. The number of hydrogen-bond donors (Lipinski definition) is 0. The molecule has 174 valence electrons. The normalized spacial score (nSPS) is 10.7. The van der Waals surface area contributed by atoms with Crippen molar-refractivity contribution in [2.75, 3.05) is 7.11 Å². The van der Waals surface area contributed by atoms with Gasteiger partial charge in [0.05, 0.1) is 23.4 Å². The summed E-state index contributed by atoms with van der Waals surface area (Å²) in [6.45, 7) is 4.00. The Morgan fingerprint density at radius 2 is 1.91 bits per heavy atom. The minimum Gasteiger partial charge on any atom is -0.495 e. The minimum absolute atomic E-state index is 0.127. The second kappa shape index (κ2) is 11.0. The van der Waals surface area contributed by atoms with E-state index in [-0.39, 0.29) is 5.56 Å². The molecule has 4 aromatic heterocycles. The number of nitrogens with zero attached hydrogens (tertiary/aromatic N) is 5. The first-order chi connectivity index (χ1) is 16.6. The Hall–Kier alpha value is -2.95. The van der Waals surface area contributed by atoms with Crippen LogP contribution < -0.4 is 10.3 Å². The molecule has 34 heavy (non-hydrogen) atoms. The van der Waals surface area contributed by atoms with Crippen LogP contribution in [0.15, 0.2) is 80.6 Å². The van der Waals surface area contributed by atoms with Crippen LogP contribution in [0, 0.1) is 0 Å². The average molecular weight is 557 g/mol. The second-order valence-corrected chi connectivity index (χ2v) is 9.55. The van der Waals surface area contributed by atoms with Gasteiger partial charge in [0.1, 0.15) is 11.4 Å². The summed E-state index contributed by atoms with van der Waals surface area (Å²) in [5, 5.41) is 11.6. The number of halogens is 1. The number of para-hydroxylation sites is 2. The highest BCUT2D eigenvalue weighted by Crippen LogP contribution is 2.34. The summed E-state index contributed by atoms with van der Waals surface area (Å²) in [5.74, 6) is 1.93. The lowest BCUT2D eigenvalue weighted by Crippen LogP contribution is -2.15. The number of methoxy groups -OCH3 is 1. The lowest BCUT2D eigenvalue weighted by Gasteiger charge is -2.13. The van der Waals surface area contributed by atoms with Crippen molar-refractivity contribution < 1.29 is 4.74 Å². The number of benzene rings is 1. The second-order valence-electron chi connectivity index (χ2n) is 6.74. The molecule has 0 spiro atoms. The lowest BCUT2D eigenvalue weighted by molar-refractivity contribution is 0.412. The van der Waals surface area contributed by atoms with Crippen LogP contribution >= 0.6 is 39.0 Å². The van der Waals surface area contributed by atoms with Crippen molar-refractivity contribution in [2.45, 2.75) is 24.8 Å². The molecular weight excluding hydrogens is 534 g/mol. The molecule has 0 aliphatic heterocycles. The van der Waals surface area contributed by atoms with Gasteiger partial charge in [0.2, 0.25) is 0 Å². The van der Waals surface area contributed by atoms with Crippen molar-refractivity contribution in [1.82, 2.24) is 24.1 Å². The molecule has 5 rings (SSSR count). The number of rotatable bonds is 6. The molecule has 0 saturated heterocycles. The largest absolute Gasteiger partial charge is 0.495 e. The molecule has 7 nitrogen and oxygen atoms in total. The number of fused-ring (bicyclic) bond motifs is 1. The standard InChI is InChI=1S/C22H16BrN5O2S2.C2H6/c1-30-17-6-3-2-5-16(17)28-21(18-7-4-10-31-18)25-26-22(28)32-13-15-11-20(29)27-12-14(23)8-9-19(27)24-15;1-2/h2-12H,13H2,1H3;1-2H3. The summed E-state index contributed by atoms with van der Waals surface area (Å²) >= 11 is 6.46. The quantitative estimate of drug-likeness (QED) is 0.236. The fourth-order valence-electron chi connectivity index (χ4n) is 3.30. The molecule has 0 aliphatic rings. The Bertz CT molecular complexity index is 1460. The van der Waals surface area contributed by atoms with E-state index in [2.05, 4.69) is 31.1 Å². The lowest BCUT2D eigenvalue weighted by atomic mass is 10.3. The molecular formula is C24H22BrN5O2S2. The number of hydrogen-bond acceptors (Lipinski definition) is 7. The van der Waals surface area contributed by atoms with Gasteiger partial charge in [-0.3, -0.25) is 13.8 Å². The Morgan fingerprint density at radius 1 is 1.09 bits per heavy atom. The van der Waals surface area contributed by atoms with E-state index in [4.69, 9.17) is 4.74 Å². The van der Waals surface area contributed by atoms with Gasteiger partial charge in [-0.1, -0.05) is 43.8 Å². The third-order valence-corrected chi connectivity index (χ3v) is 7.02. The minimum atomic E-state index is -0.127. The van der Waals surface area contributed by atoms with Crippen molar-refractivity contribution in [3.8, 4) is 22.1 Å². The van der Waals surface area contributed by atoms with Crippen LogP contribution in [0.5, 0.6) is 5.75 Å². The van der Waals surface area contributed by atoms with Crippen molar-refractivity contribution in [3.05, 3.63) is 86.7 Å². The molecule has 0 saturated carbocycles. The van der Waals surface area contributed by atoms with Crippen LogP contribution in [0.3, 0.4) is 0 Å². The van der Waals surface area contributed by atoms with E-state index in [9.17, 15) is 4.79 Å². The van der Waals surface area contributed by atoms with Crippen molar-refractivity contribution in [1.29, 1.82) is 0 Å². The first-order valence-electron chi connectivity index (χ1n) is 10.6. The zero-order chi connectivity index (χ0) is 24.1. The van der Waals surface area contributed by atoms with Crippen LogP contribution in [0.4, 0.5) is 0 Å². The molecule has 1 aromatic carbocycles. The Labute approximate surface area is 213 Å². The van der Waals surface area contributed by atoms with E-state index in [0.717, 1.165) is 26.6 Å². The van der Waals surface area contributed by atoms with E-state index < -0.39 is 0 Å². The van der Waals surface area contributed by atoms with Gasteiger partial charge < -0.3 is 4.74 Å². The summed E-state index contributed by atoms with van der Waals surface area (Å²) < 4.78 is 9.92. The van der Waals surface area contributed by atoms with E-state index >= 15 is 0 Å². The molecule has 0 fully saturated rings. The molecule has 0 aliphatic carbocycles. The van der Waals surface area contributed by atoms with Gasteiger partial charge in [-0.2, -0.15) is 0 Å². The van der Waals surface area contributed by atoms with Crippen LogP contribution in [0.25, 0.3) is 22.0 Å². The van der Waals surface area contributed by atoms with E-state index in [0.29, 0.717) is 22.3 Å². The summed E-state index contributed by atoms with van der Waals surface area (Å²) in [7, 11) is 1.64. The van der Waals surface area contributed by atoms with E-state index in [1.165, 1.54) is 16.2 Å². The van der Waals surface area contributed by atoms with Gasteiger partial charge in [-0.15, -0.1) is 21.5 Å². The van der Waals surface area contributed by atoms with Gasteiger partial charge in [0.15, 0.2) is 11.0 Å². The molecule has 5 aromatic rings. The molecule has 4 heterocycles. The molecule has 0 atom stereocenters. The van der Waals surface area contributed by atoms with Gasteiger partial charge in [-0.25, -0.2) is 4.98 Å². The van der Waals surface area contributed by atoms with E-state index in [1.807, 2.05) is 72.3 Å². The first-order valence-corrected chi connectivity index (χ1v) is 13.2. The molecule has 0 unspecified atom stereocenters. The van der Waals surface area contributed by atoms with Crippen LogP contribution in [0.2, 0.25) is 0 Å². The Kier molecular flexibility index (Phi) is 7.81. The average Bonchev–Trinajstić information content (AvgIpc) is 3.54. The fraction of sp³-hybridized carbons (Fsp3) is 0.167. The highest BCUT2D eigenvalue weighted by atomic mass is 79.9. The summed E-state index contributed by atoms with van der Waals surface area (Å²) in [5.41, 5.74) is 2.00. The first kappa shape index (κ1) is 24.2. The predicted molar refractivity (Wildman–Crippen MR) is 141 cm³/mol. The Morgan fingerprint density at radius 3 is 2.68 bits per heavy atom. The smallest absolute Gasteiger partial charge is 0.258 e. The summed E-state index contributed by atoms with van der Waals surface area (Å²) in [6, 6.07) is 17.0. The third kappa shape index (κ3) is 4.94. The predicted octanol–water partition coefficient (Wildman–Crippen LogP) is 6.09. The van der Waals surface area contributed by atoms with Crippen LogP contribution in [-0.4, -0.2) is 31.3 Å². The molecule has 0 N–H and O–H groups in total. The fourth-order valence-corrected chi connectivity index (χ4v) is 5.17. The van der Waals surface area contributed by atoms with Crippen molar-refractivity contribution >= 4 is 44.7 Å². The zero-order valence-electron chi connectivity index (χ0n) is 18.8. The molecule has 0 bridgehead atoms. The number of thioether (sulfide) groups is 1. The topological polar surface area (TPSA) is 74.3 Å². The van der Waals surface area contributed by atoms with E-state index in [1.54, 1.807) is 30.7 Å². The highest BCUT2D eigenvalue weighted by Gasteiger charge is 2.20. The summed E-state index contributed by atoms with van der Waals surface area (Å²) in [4.78, 5) is 18.2. The maximum Gasteiger partial charge on any atom is 0.258 e. The van der Waals surface area contributed by atoms with Crippen LogP contribution in [0.1, 0.15) is 19.5 Å². The highest BCUT2D eigenvalue weighted by molar-refractivity contribution is 9.10. The van der Waals surface area contributed by atoms with Crippen LogP contribution in [-0.2, 0) is 5.75 Å². The maximum absolute atomic E-state index is 12.5. The number of ether oxygens (including phenoxy) is 1. The van der Waals surface area contributed by atoms with Gasteiger partial charge in [0, 0.05) is 22.5 Å². The zero-order valence-corrected chi connectivity index (χ0v) is 22.0. The third-order valence-electron chi connectivity index (χ3n) is 4.73. The Balaban J connectivity index is 0.00000133. The van der Waals surface area contributed by atoms with Crippen molar-refractivity contribution in [3.63, 3.8) is 0 Å². The van der Waals surface area contributed by atoms with Gasteiger partial charge >= 0.3 is 0 Å². The molecule has 0 radical (unpaired) electrons. The number of aromatic nitrogens is 5.